The van der Waals surface area contributed by atoms with Crippen LogP contribution < -0.4 is 22.1 Å². The van der Waals surface area contributed by atoms with Crippen molar-refractivity contribution in [1.82, 2.24) is 15.6 Å². The van der Waals surface area contributed by atoms with Gasteiger partial charge in [-0.15, -0.1) is 0 Å². The van der Waals surface area contributed by atoms with E-state index < -0.39 is 35.9 Å². The SMILES string of the molecule is C[C@H](NC(=O)[C@H](N)Cc1c[nH]c2ccccc12)C(=O)N[C@@H](CCCCN)C(=O)O. The molecule has 1 heterocycles. The van der Waals surface area contributed by atoms with Crippen molar-refractivity contribution in [2.45, 2.75) is 50.7 Å². The summed E-state index contributed by atoms with van der Waals surface area (Å²) in [6, 6.07) is 4.92. The quantitative estimate of drug-likeness (QED) is 0.294. The molecule has 158 valence electrons. The number of aromatic amines is 1. The van der Waals surface area contributed by atoms with E-state index in [0.717, 1.165) is 16.5 Å². The van der Waals surface area contributed by atoms with Crippen LogP contribution in [0.1, 0.15) is 31.7 Å². The van der Waals surface area contributed by atoms with Gasteiger partial charge in [-0.1, -0.05) is 18.2 Å². The number of amides is 2. The maximum Gasteiger partial charge on any atom is 0.326 e. The second kappa shape index (κ2) is 10.6. The van der Waals surface area contributed by atoms with E-state index in [1.54, 1.807) is 0 Å². The third-order valence-electron chi connectivity index (χ3n) is 4.77. The van der Waals surface area contributed by atoms with Crippen LogP contribution >= 0.6 is 0 Å². The van der Waals surface area contributed by atoms with Crippen LogP contribution in [0, 0.1) is 0 Å². The van der Waals surface area contributed by atoms with E-state index >= 15 is 0 Å². The monoisotopic (exact) mass is 403 g/mol. The second-order valence-corrected chi connectivity index (χ2v) is 7.08. The lowest BCUT2D eigenvalue weighted by Gasteiger charge is -2.20. The third kappa shape index (κ3) is 6.30. The molecular formula is C20H29N5O4. The van der Waals surface area contributed by atoms with Gasteiger partial charge < -0.3 is 32.2 Å². The van der Waals surface area contributed by atoms with Crippen molar-refractivity contribution in [2.24, 2.45) is 11.5 Å². The number of aromatic nitrogens is 1. The fourth-order valence-electron chi connectivity index (χ4n) is 3.06. The zero-order chi connectivity index (χ0) is 21.4. The summed E-state index contributed by atoms with van der Waals surface area (Å²) < 4.78 is 0. The van der Waals surface area contributed by atoms with Crippen LogP contribution in [0.25, 0.3) is 10.9 Å². The minimum atomic E-state index is -1.12. The highest BCUT2D eigenvalue weighted by Gasteiger charge is 2.25. The summed E-state index contributed by atoms with van der Waals surface area (Å²) in [5, 5.41) is 15.2. The standard InChI is InChI=1S/C20H29N5O4/c1-12(18(26)25-17(20(28)29)8-4-5-9-21)24-19(27)15(22)10-13-11-23-16-7-3-2-6-14(13)16/h2-3,6-7,11-12,15,17,23H,4-5,8-10,21-22H2,1H3,(H,24,27)(H,25,26)(H,28,29)/t12-,15+,17-/m0/s1. The smallest absolute Gasteiger partial charge is 0.326 e. The zero-order valence-corrected chi connectivity index (χ0v) is 16.5. The van der Waals surface area contributed by atoms with Crippen LogP contribution in [0.15, 0.2) is 30.5 Å². The molecular weight excluding hydrogens is 374 g/mol. The van der Waals surface area contributed by atoms with E-state index in [1.807, 2.05) is 30.5 Å². The van der Waals surface area contributed by atoms with E-state index in [-0.39, 0.29) is 6.42 Å². The number of carboxylic acids is 1. The van der Waals surface area contributed by atoms with Crippen molar-refractivity contribution >= 4 is 28.7 Å². The van der Waals surface area contributed by atoms with Crippen LogP contribution in [0.3, 0.4) is 0 Å². The molecule has 0 saturated heterocycles. The van der Waals surface area contributed by atoms with E-state index in [4.69, 9.17) is 11.5 Å². The molecule has 8 N–H and O–H groups in total. The van der Waals surface area contributed by atoms with E-state index in [0.29, 0.717) is 25.8 Å². The summed E-state index contributed by atoms with van der Waals surface area (Å²) in [5.74, 6) is -2.17. The fourth-order valence-corrected chi connectivity index (χ4v) is 3.06. The molecule has 9 heteroatoms. The number of nitrogens with one attached hydrogen (secondary N) is 3. The normalized spacial score (nSPS) is 14.2. The Morgan fingerprint density at radius 2 is 1.86 bits per heavy atom. The van der Waals surface area contributed by atoms with Crippen molar-refractivity contribution in [2.75, 3.05) is 6.54 Å². The first-order valence-corrected chi connectivity index (χ1v) is 9.67. The number of benzene rings is 1. The fraction of sp³-hybridized carbons (Fsp3) is 0.450. The molecule has 0 aliphatic rings. The molecule has 2 aromatic rings. The molecule has 3 atom stereocenters. The lowest BCUT2D eigenvalue weighted by Crippen LogP contribution is -2.53. The van der Waals surface area contributed by atoms with E-state index in [2.05, 4.69) is 15.6 Å². The number of hydrogen-bond acceptors (Lipinski definition) is 5. The average molecular weight is 403 g/mol. The zero-order valence-electron chi connectivity index (χ0n) is 16.5. The van der Waals surface area contributed by atoms with Crippen molar-refractivity contribution in [3.8, 4) is 0 Å². The van der Waals surface area contributed by atoms with Crippen LogP contribution in [0.5, 0.6) is 0 Å². The van der Waals surface area contributed by atoms with Gasteiger partial charge in [-0.3, -0.25) is 9.59 Å². The van der Waals surface area contributed by atoms with Crippen LogP contribution in [0.4, 0.5) is 0 Å². The summed E-state index contributed by atoms with van der Waals surface area (Å²) in [7, 11) is 0. The highest BCUT2D eigenvalue weighted by Crippen LogP contribution is 2.18. The molecule has 0 radical (unpaired) electrons. The number of rotatable bonds is 11. The van der Waals surface area contributed by atoms with Crippen LogP contribution in [-0.4, -0.2) is 52.5 Å². The Hall–Kier alpha value is -2.91. The molecule has 0 fully saturated rings. The minimum Gasteiger partial charge on any atom is -0.480 e. The van der Waals surface area contributed by atoms with Gasteiger partial charge in [0.25, 0.3) is 0 Å². The number of aliphatic carboxylic acids is 1. The summed E-state index contributed by atoms with van der Waals surface area (Å²) in [6.07, 6.45) is 3.66. The summed E-state index contributed by atoms with van der Waals surface area (Å²) >= 11 is 0. The molecule has 2 amide bonds. The van der Waals surface area contributed by atoms with Crippen molar-refractivity contribution < 1.29 is 19.5 Å². The first kappa shape index (κ1) is 22.4. The van der Waals surface area contributed by atoms with Crippen LogP contribution in [-0.2, 0) is 20.8 Å². The molecule has 0 aliphatic carbocycles. The molecule has 0 aliphatic heterocycles. The molecule has 0 unspecified atom stereocenters. The highest BCUT2D eigenvalue weighted by atomic mass is 16.4. The van der Waals surface area contributed by atoms with Crippen molar-refractivity contribution in [1.29, 1.82) is 0 Å². The number of hydrogen-bond donors (Lipinski definition) is 6. The maximum absolute atomic E-state index is 12.4. The van der Waals surface area contributed by atoms with Gasteiger partial charge in [0, 0.05) is 17.1 Å². The maximum atomic E-state index is 12.4. The van der Waals surface area contributed by atoms with Gasteiger partial charge >= 0.3 is 5.97 Å². The van der Waals surface area contributed by atoms with Gasteiger partial charge in [-0.2, -0.15) is 0 Å². The molecule has 0 bridgehead atoms. The van der Waals surface area contributed by atoms with Gasteiger partial charge in [0.1, 0.15) is 12.1 Å². The predicted octanol–water partition coefficient (Wildman–Crippen LogP) is 0.241. The topological polar surface area (TPSA) is 163 Å². The molecule has 1 aromatic heterocycles. The first-order chi connectivity index (χ1) is 13.8. The predicted molar refractivity (Wildman–Crippen MR) is 110 cm³/mol. The summed E-state index contributed by atoms with van der Waals surface area (Å²) in [6.45, 7) is 1.95. The number of nitrogens with two attached hydrogens (primary N) is 2. The number of fused-ring (bicyclic) bond motifs is 1. The van der Waals surface area contributed by atoms with E-state index in [9.17, 15) is 19.5 Å². The number of carbonyl (C=O) groups is 3. The molecule has 0 saturated carbocycles. The minimum absolute atomic E-state index is 0.277. The Kier molecular flexibility index (Phi) is 8.17. The number of carboxylic acid groups (broad SMARTS) is 1. The average Bonchev–Trinajstić information content (AvgIpc) is 3.09. The van der Waals surface area contributed by atoms with Crippen molar-refractivity contribution in [3.05, 3.63) is 36.0 Å². The molecule has 2 rings (SSSR count). The Balaban J connectivity index is 1.89. The second-order valence-electron chi connectivity index (χ2n) is 7.08. The Morgan fingerprint density at radius 3 is 2.55 bits per heavy atom. The molecule has 1 aromatic carbocycles. The molecule has 9 nitrogen and oxygen atoms in total. The number of para-hydroxylation sites is 1. The first-order valence-electron chi connectivity index (χ1n) is 9.67. The summed E-state index contributed by atoms with van der Waals surface area (Å²) in [5.41, 5.74) is 13.3. The lowest BCUT2D eigenvalue weighted by molar-refractivity contribution is -0.142. The summed E-state index contributed by atoms with van der Waals surface area (Å²) in [4.78, 5) is 39.1. The lowest BCUT2D eigenvalue weighted by atomic mass is 10.0. The molecule has 0 spiro atoms. The van der Waals surface area contributed by atoms with Crippen molar-refractivity contribution in [3.63, 3.8) is 0 Å². The van der Waals surface area contributed by atoms with Gasteiger partial charge in [0.15, 0.2) is 0 Å². The number of carbonyl (C=O) groups excluding carboxylic acids is 2. The largest absolute Gasteiger partial charge is 0.480 e. The number of unbranched alkanes of at least 4 members (excludes halogenated alkanes) is 1. The molecule has 29 heavy (non-hydrogen) atoms. The van der Waals surface area contributed by atoms with Gasteiger partial charge in [-0.25, -0.2) is 4.79 Å². The van der Waals surface area contributed by atoms with Gasteiger partial charge in [-0.05, 0) is 50.8 Å². The van der Waals surface area contributed by atoms with Gasteiger partial charge in [0.2, 0.25) is 11.8 Å². The Bertz CT molecular complexity index is 850. The third-order valence-corrected chi connectivity index (χ3v) is 4.77. The van der Waals surface area contributed by atoms with Crippen LogP contribution in [0.2, 0.25) is 0 Å². The Labute approximate surface area is 169 Å². The highest BCUT2D eigenvalue weighted by molar-refractivity contribution is 5.92. The Morgan fingerprint density at radius 1 is 1.14 bits per heavy atom. The van der Waals surface area contributed by atoms with Gasteiger partial charge in [0.05, 0.1) is 6.04 Å². The number of H-pyrrole nitrogens is 1. The van der Waals surface area contributed by atoms with E-state index in [1.165, 1.54) is 6.92 Å².